The number of hydrogen-bond donors (Lipinski definition) is 1. The van der Waals surface area contributed by atoms with E-state index in [9.17, 15) is 9.59 Å². The first-order chi connectivity index (χ1) is 11.4. The summed E-state index contributed by atoms with van der Waals surface area (Å²) in [7, 11) is 1.59. The highest BCUT2D eigenvalue weighted by atomic mass is 16.5. The number of rotatable bonds is 8. The van der Waals surface area contributed by atoms with E-state index in [2.05, 4.69) is 15.5 Å². The van der Waals surface area contributed by atoms with Gasteiger partial charge in [0.05, 0.1) is 18.1 Å². The van der Waals surface area contributed by atoms with Crippen molar-refractivity contribution in [2.45, 2.75) is 45.6 Å². The molecular weight excluding hydrogens is 312 g/mol. The first-order valence-corrected chi connectivity index (χ1v) is 8.29. The first-order valence-electron chi connectivity index (χ1n) is 8.29. The maximum atomic E-state index is 12.5. The lowest BCUT2D eigenvalue weighted by Crippen LogP contribution is -2.45. The number of methoxy groups -OCH3 is 1. The molecule has 0 unspecified atom stereocenters. The van der Waals surface area contributed by atoms with Crippen molar-refractivity contribution in [3.8, 4) is 0 Å². The summed E-state index contributed by atoms with van der Waals surface area (Å²) >= 11 is 0. The van der Waals surface area contributed by atoms with Gasteiger partial charge in [-0.3, -0.25) is 9.59 Å². The molecule has 0 aliphatic carbocycles. The van der Waals surface area contributed by atoms with Crippen molar-refractivity contribution in [1.82, 2.24) is 20.4 Å². The van der Waals surface area contributed by atoms with Crippen molar-refractivity contribution >= 4 is 11.8 Å². The molecule has 1 aromatic heterocycles. The fourth-order valence-electron chi connectivity index (χ4n) is 2.66. The van der Waals surface area contributed by atoms with Gasteiger partial charge in [0, 0.05) is 33.0 Å². The summed E-state index contributed by atoms with van der Waals surface area (Å²) < 4.78 is 10.2. The molecular formula is C16H26N4O4. The fourth-order valence-corrected chi connectivity index (χ4v) is 2.66. The summed E-state index contributed by atoms with van der Waals surface area (Å²) in [5.41, 5.74) is -0.754. The Morgan fingerprint density at radius 3 is 2.92 bits per heavy atom. The molecule has 2 amide bonds. The van der Waals surface area contributed by atoms with E-state index in [1.807, 2.05) is 20.8 Å². The Labute approximate surface area is 141 Å². The topological polar surface area (TPSA) is 97.6 Å². The van der Waals surface area contributed by atoms with Crippen LogP contribution in [0, 0.1) is 5.92 Å². The molecule has 134 valence electrons. The van der Waals surface area contributed by atoms with E-state index in [1.165, 1.54) is 0 Å². The van der Waals surface area contributed by atoms with Gasteiger partial charge in [-0.2, -0.15) is 4.98 Å². The third-order valence-electron chi connectivity index (χ3n) is 4.08. The minimum Gasteiger partial charge on any atom is -0.383 e. The molecule has 1 saturated heterocycles. The van der Waals surface area contributed by atoms with Crippen LogP contribution in [0.4, 0.5) is 0 Å². The standard InChI is InChI=1S/C16H26N4O4/c1-5-6-12-17-15(19-24-12)16(2,3)18-14(22)11-9-13(21)20(10-11)7-8-23-4/h11H,5-10H2,1-4H3,(H,18,22)/t11-/m1/s1. The molecule has 0 radical (unpaired) electrons. The number of hydrogen-bond acceptors (Lipinski definition) is 6. The molecule has 0 bridgehead atoms. The Morgan fingerprint density at radius 1 is 1.50 bits per heavy atom. The van der Waals surface area contributed by atoms with Crippen LogP contribution in [-0.2, 0) is 26.3 Å². The third kappa shape index (κ3) is 4.31. The van der Waals surface area contributed by atoms with E-state index in [0.717, 1.165) is 6.42 Å². The molecule has 8 heteroatoms. The molecule has 1 aliphatic heterocycles. The quantitative estimate of drug-likeness (QED) is 0.755. The van der Waals surface area contributed by atoms with E-state index >= 15 is 0 Å². The van der Waals surface area contributed by atoms with Crippen molar-refractivity contribution in [1.29, 1.82) is 0 Å². The molecule has 1 N–H and O–H groups in total. The van der Waals surface area contributed by atoms with Crippen molar-refractivity contribution in [2.24, 2.45) is 5.92 Å². The molecule has 0 saturated carbocycles. The van der Waals surface area contributed by atoms with E-state index < -0.39 is 5.54 Å². The molecule has 2 heterocycles. The fraction of sp³-hybridized carbons (Fsp3) is 0.750. The first kappa shape index (κ1) is 18.4. The maximum absolute atomic E-state index is 12.5. The number of carbonyl (C=O) groups is 2. The Hall–Kier alpha value is -1.96. The zero-order chi connectivity index (χ0) is 17.7. The summed E-state index contributed by atoms with van der Waals surface area (Å²) in [5.74, 6) is 0.456. The van der Waals surface area contributed by atoms with Crippen LogP contribution in [-0.4, -0.2) is 53.7 Å². The molecule has 0 aromatic carbocycles. The van der Waals surface area contributed by atoms with Crippen molar-refractivity contribution in [2.75, 3.05) is 26.8 Å². The second-order valence-electron chi connectivity index (χ2n) is 6.61. The summed E-state index contributed by atoms with van der Waals surface area (Å²) in [6.45, 7) is 7.07. The van der Waals surface area contributed by atoms with E-state index in [1.54, 1.807) is 12.0 Å². The predicted octanol–water partition coefficient (Wildman–Crippen LogP) is 0.868. The van der Waals surface area contributed by atoms with E-state index in [-0.39, 0.29) is 24.2 Å². The average molecular weight is 338 g/mol. The Balaban J connectivity index is 1.96. The molecule has 1 atom stereocenters. The summed E-state index contributed by atoms with van der Waals surface area (Å²) in [6, 6.07) is 0. The lowest BCUT2D eigenvalue weighted by atomic mass is 10.0. The molecule has 1 aromatic rings. The lowest BCUT2D eigenvalue weighted by molar-refractivity contribution is -0.129. The molecule has 1 aliphatic rings. The van der Waals surface area contributed by atoms with Crippen LogP contribution in [0.15, 0.2) is 4.52 Å². The normalized spacial score (nSPS) is 18.2. The zero-order valence-corrected chi connectivity index (χ0v) is 14.8. The van der Waals surface area contributed by atoms with Gasteiger partial charge in [-0.25, -0.2) is 0 Å². The number of aromatic nitrogens is 2. The SMILES string of the molecule is CCCc1nc(C(C)(C)NC(=O)[C@@H]2CC(=O)N(CCOC)C2)no1. The van der Waals surface area contributed by atoms with Gasteiger partial charge < -0.3 is 19.5 Å². The van der Waals surface area contributed by atoms with Gasteiger partial charge >= 0.3 is 0 Å². The highest BCUT2D eigenvalue weighted by molar-refractivity contribution is 5.89. The van der Waals surface area contributed by atoms with Crippen LogP contribution in [0.25, 0.3) is 0 Å². The highest BCUT2D eigenvalue weighted by Gasteiger charge is 2.37. The second kappa shape index (κ2) is 7.74. The van der Waals surface area contributed by atoms with Crippen molar-refractivity contribution in [3.05, 3.63) is 11.7 Å². The van der Waals surface area contributed by atoms with Crippen molar-refractivity contribution in [3.63, 3.8) is 0 Å². The Kier molecular flexibility index (Phi) is 5.93. The van der Waals surface area contributed by atoms with Gasteiger partial charge in [0.1, 0.15) is 0 Å². The molecule has 1 fully saturated rings. The number of aryl methyl sites for hydroxylation is 1. The van der Waals surface area contributed by atoms with Gasteiger partial charge in [0.2, 0.25) is 17.7 Å². The third-order valence-corrected chi connectivity index (χ3v) is 4.08. The number of nitrogens with one attached hydrogen (secondary N) is 1. The minimum atomic E-state index is -0.754. The predicted molar refractivity (Wildman–Crippen MR) is 86.0 cm³/mol. The monoisotopic (exact) mass is 338 g/mol. The number of nitrogens with zero attached hydrogens (tertiary/aromatic N) is 3. The minimum absolute atomic E-state index is 0.0187. The summed E-state index contributed by atoms with van der Waals surface area (Å²) in [5, 5.41) is 6.89. The molecule has 24 heavy (non-hydrogen) atoms. The molecule has 2 rings (SSSR count). The van der Waals surface area contributed by atoms with Crippen molar-refractivity contribution < 1.29 is 18.8 Å². The Bertz CT molecular complexity index is 584. The summed E-state index contributed by atoms with van der Waals surface area (Å²) in [6.07, 6.45) is 1.84. The largest absolute Gasteiger partial charge is 0.383 e. The molecule has 8 nitrogen and oxygen atoms in total. The van der Waals surface area contributed by atoms with Gasteiger partial charge in [0.15, 0.2) is 5.82 Å². The Morgan fingerprint density at radius 2 is 2.25 bits per heavy atom. The number of carbonyl (C=O) groups excluding carboxylic acids is 2. The van der Waals surface area contributed by atoms with Gasteiger partial charge in [-0.05, 0) is 20.3 Å². The van der Waals surface area contributed by atoms with Crippen LogP contribution in [0.1, 0.15) is 45.3 Å². The van der Waals surface area contributed by atoms with E-state index in [0.29, 0.717) is 37.8 Å². The highest BCUT2D eigenvalue weighted by Crippen LogP contribution is 2.22. The number of ether oxygens (including phenoxy) is 1. The maximum Gasteiger partial charge on any atom is 0.226 e. The average Bonchev–Trinajstić information content (AvgIpc) is 3.12. The van der Waals surface area contributed by atoms with Crippen LogP contribution < -0.4 is 5.32 Å². The smallest absolute Gasteiger partial charge is 0.226 e. The van der Waals surface area contributed by atoms with Crippen LogP contribution >= 0.6 is 0 Å². The lowest BCUT2D eigenvalue weighted by Gasteiger charge is -2.24. The molecule has 0 spiro atoms. The number of amides is 2. The van der Waals surface area contributed by atoms with Crippen LogP contribution in [0.2, 0.25) is 0 Å². The van der Waals surface area contributed by atoms with Gasteiger partial charge in [-0.1, -0.05) is 12.1 Å². The van der Waals surface area contributed by atoms with Crippen LogP contribution in [0.5, 0.6) is 0 Å². The number of likely N-dealkylation sites (tertiary alicyclic amines) is 1. The van der Waals surface area contributed by atoms with E-state index in [4.69, 9.17) is 9.26 Å². The van der Waals surface area contributed by atoms with Gasteiger partial charge in [0.25, 0.3) is 0 Å². The second-order valence-corrected chi connectivity index (χ2v) is 6.61. The van der Waals surface area contributed by atoms with Gasteiger partial charge in [-0.15, -0.1) is 0 Å². The summed E-state index contributed by atoms with van der Waals surface area (Å²) in [4.78, 5) is 30.5. The van der Waals surface area contributed by atoms with Crippen LogP contribution in [0.3, 0.4) is 0 Å². The zero-order valence-electron chi connectivity index (χ0n) is 14.8.